The van der Waals surface area contributed by atoms with Gasteiger partial charge < -0.3 is 4.74 Å². The lowest BCUT2D eigenvalue weighted by molar-refractivity contribution is 0.248. The third-order valence-corrected chi connectivity index (χ3v) is 7.19. The van der Waals surface area contributed by atoms with Crippen LogP contribution in [0.2, 0.25) is 0 Å². The number of halogens is 1. The van der Waals surface area contributed by atoms with E-state index in [0.29, 0.717) is 18.1 Å². The zero-order chi connectivity index (χ0) is 23.3. The molecule has 0 aliphatic heterocycles. The number of unbranched alkanes of at least 4 members (excludes halogenated alkanes) is 5. The number of ether oxygens (including phenoxy) is 1. The molecule has 4 heteroatoms. The number of hydrogen-bond donors (Lipinski definition) is 0. The molecule has 3 nitrogen and oxygen atoms in total. The Kier molecular flexibility index (Phi) is 11.1. The van der Waals surface area contributed by atoms with Gasteiger partial charge in [-0.2, -0.15) is 10.2 Å². The molecule has 0 radical (unpaired) electrons. The summed E-state index contributed by atoms with van der Waals surface area (Å²) in [6.45, 7) is 4.92. The van der Waals surface area contributed by atoms with E-state index in [0.717, 1.165) is 42.4 Å². The molecule has 0 atom stereocenters. The number of rotatable bonds is 14. The van der Waals surface area contributed by atoms with Gasteiger partial charge >= 0.3 is 0 Å². The van der Waals surface area contributed by atoms with Gasteiger partial charge in [-0.05, 0) is 61.4 Å². The standard InChI is InChI=1S/C29H43FN2O/c1-3-5-7-8-9-10-23-11-13-24(14-12-23)15-17-26-18-19-28(32-31-26)25-16-20-29(27(30)22-25)33-21-6-4-2/h16,18-20,22-24H,3-15,17,21H2,1-2H3. The molecule has 1 aromatic carbocycles. The fourth-order valence-corrected chi connectivity index (χ4v) is 4.95. The Morgan fingerprint density at radius 2 is 1.55 bits per heavy atom. The second kappa shape index (κ2) is 14.3. The Balaban J connectivity index is 1.39. The average molecular weight is 455 g/mol. The Labute approximate surface area is 200 Å². The molecule has 2 aromatic rings. The van der Waals surface area contributed by atoms with Crippen LogP contribution in [-0.2, 0) is 6.42 Å². The zero-order valence-electron chi connectivity index (χ0n) is 20.8. The Bertz CT molecular complexity index is 800. The smallest absolute Gasteiger partial charge is 0.165 e. The lowest BCUT2D eigenvalue weighted by Crippen LogP contribution is -2.15. The fourth-order valence-electron chi connectivity index (χ4n) is 4.95. The van der Waals surface area contributed by atoms with Crippen molar-refractivity contribution in [2.45, 2.75) is 104 Å². The van der Waals surface area contributed by atoms with E-state index in [9.17, 15) is 4.39 Å². The molecule has 3 rings (SSSR count). The van der Waals surface area contributed by atoms with Gasteiger partial charge in [-0.25, -0.2) is 4.39 Å². The third kappa shape index (κ3) is 8.72. The molecule has 0 bridgehead atoms. The van der Waals surface area contributed by atoms with Crippen molar-refractivity contribution in [2.75, 3.05) is 6.61 Å². The van der Waals surface area contributed by atoms with E-state index in [1.807, 2.05) is 18.2 Å². The first-order valence-corrected chi connectivity index (χ1v) is 13.4. The number of benzene rings is 1. The molecule has 182 valence electrons. The molecule has 0 unspecified atom stereocenters. The Hall–Kier alpha value is -1.97. The molecule has 0 spiro atoms. The van der Waals surface area contributed by atoms with Crippen molar-refractivity contribution in [3.8, 4) is 17.0 Å². The van der Waals surface area contributed by atoms with Crippen LogP contribution in [0.3, 0.4) is 0 Å². The predicted molar refractivity (Wildman–Crippen MR) is 135 cm³/mol. The summed E-state index contributed by atoms with van der Waals surface area (Å²) in [6, 6.07) is 9.05. The zero-order valence-corrected chi connectivity index (χ0v) is 20.8. The first kappa shape index (κ1) is 25.6. The average Bonchev–Trinajstić information content (AvgIpc) is 2.85. The van der Waals surface area contributed by atoms with Crippen molar-refractivity contribution in [3.05, 3.63) is 41.8 Å². The van der Waals surface area contributed by atoms with Gasteiger partial charge in [0.25, 0.3) is 0 Å². The van der Waals surface area contributed by atoms with Crippen molar-refractivity contribution in [1.29, 1.82) is 0 Å². The van der Waals surface area contributed by atoms with Gasteiger partial charge in [-0.3, -0.25) is 0 Å². The van der Waals surface area contributed by atoms with Crippen LogP contribution < -0.4 is 4.74 Å². The van der Waals surface area contributed by atoms with E-state index < -0.39 is 0 Å². The van der Waals surface area contributed by atoms with Crippen LogP contribution in [0.5, 0.6) is 5.75 Å². The first-order valence-electron chi connectivity index (χ1n) is 13.4. The van der Waals surface area contributed by atoms with Crippen molar-refractivity contribution in [2.24, 2.45) is 11.8 Å². The molecule has 0 N–H and O–H groups in total. The van der Waals surface area contributed by atoms with E-state index in [4.69, 9.17) is 4.74 Å². The summed E-state index contributed by atoms with van der Waals surface area (Å²) < 4.78 is 19.8. The first-order chi connectivity index (χ1) is 16.2. The molecular formula is C29H43FN2O. The van der Waals surface area contributed by atoms with E-state index in [-0.39, 0.29) is 5.82 Å². The maximum absolute atomic E-state index is 14.3. The molecule has 1 aliphatic rings. The Morgan fingerprint density at radius 3 is 2.21 bits per heavy atom. The van der Waals surface area contributed by atoms with Gasteiger partial charge in [-0.1, -0.05) is 84.5 Å². The lowest BCUT2D eigenvalue weighted by Gasteiger charge is -2.28. The lowest BCUT2D eigenvalue weighted by atomic mass is 9.78. The summed E-state index contributed by atoms with van der Waals surface area (Å²) in [5.74, 6) is 1.76. The minimum Gasteiger partial charge on any atom is -0.491 e. The van der Waals surface area contributed by atoms with Gasteiger partial charge in [0.1, 0.15) is 0 Å². The van der Waals surface area contributed by atoms with Crippen molar-refractivity contribution in [1.82, 2.24) is 10.2 Å². The van der Waals surface area contributed by atoms with Crippen LogP contribution >= 0.6 is 0 Å². The van der Waals surface area contributed by atoms with Crippen molar-refractivity contribution in [3.63, 3.8) is 0 Å². The topological polar surface area (TPSA) is 35.0 Å². The number of aryl methyl sites for hydroxylation is 1. The second-order valence-corrected chi connectivity index (χ2v) is 9.89. The maximum atomic E-state index is 14.3. The van der Waals surface area contributed by atoms with Gasteiger partial charge in [-0.15, -0.1) is 0 Å². The molecule has 1 aromatic heterocycles. The van der Waals surface area contributed by atoms with Gasteiger partial charge in [0.15, 0.2) is 11.6 Å². The van der Waals surface area contributed by atoms with Crippen LogP contribution in [0.25, 0.3) is 11.3 Å². The summed E-state index contributed by atoms with van der Waals surface area (Å²) in [6.07, 6.45) is 18.1. The van der Waals surface area contributed by atoms with E-state index in [1.165, 1.54) is 76.7 Å². The van der Waals surface area contributed by atoms with Crippen molar-refractivity contribution < 1.29 is 9.13 Å². The van der Waals surface area contributed by atoms with E-state index >= 15 is 0 Å². The number of nitrogens with zero attached hydrogens (tertiary/aromatic N) is 2. The maximum Gasteiger partial charge on any atom is 0.165 e. The van der Waals surface area contributed by atoms with E-state index in [1.54, 1.807) is 6.07 Å². The van der Waals surface area contributed by atoms with E-state index in [2.05, 4.69) is 24.0 Å². The SMILES string of the molecule is CCCCCCCC1CCC(CCc2ccc(-c3ccc(OCCCC)c(F)c3)nn2)CC1. The minimum absolute atomic E-state index is 0.308. The molecule has 1 heterocycles. The number of aromatic nitrogens is 2. The van der Waals surface area contributed by atoms with Gasteiger partial charge in [0.05, 0.1) is 18.0 Å². The quantitative estimate of drug-likeness (QED) is 0.268. The van der Waals surface area contributed by atoms with Crippen molar-refractivity contribution >= 4 is 0 Å². The summed E-state index contributed by atoms with van der Waals surface area (Å²) in [7, 11) is 0. The highest BCUT2D eigenvalue weighted by atomic mass is 19.1. The highest BCUT2D eigenvalue weighted by Crippen LogP contribution is 2.34. The molecule has 1 fully saturated rings. The summed E-state index contributed by atoms with van der Waals surface area (Å²) >= 11 is 0. The molecule has 33 heavy (non-hydrogen) atoms. The highest BCUT2D eigenvalue weighted by Gasteiger charge is 2.21. The second-order valence-electron chi connectivity index (χ2n) is 9.89. The molecule has 1 saturated carbocycles. The Morgan fingerprint density at radius 1 is 0.818 bits per heavy atom. The van der Waals surface area contributed by atoms with Crippen LogP contribution in [0, 0.1) is 17.7 Å². The fraction of sp³-hybridized carbons (Fsp3) is 0.655. The molecule has 0 amide bonds. The summed E-state index contributed by atoms with van der Waals surface area (Å²) in [5, 5.41) is 8.80. The molecule has 0 saturated heterocycles. The van der Waals surface area contributed by atoms with Crippen LogP contribution in [0.15, 0.2) is 30.3 Å². The molecule has 1 aliphatic carbocycles. The summed E-state index contributed by atoms with van der Waals surface area (Å²) in [4.78, 5) is 0. The largest absolute Gasteiger partial charge is 0.491 e. The number of hydrogen-bond acceptors (Lipinski definition) is 3. The normalized spacial score (nSPS) is 18.4. The third-order valence-electron chi connectivity index (χ3n) is 7.19. The van der Waals surface area contributed by atoms with Gasteiger partial charge in [0, 0.05) is 5.56 Å². The molecular weight excluding hydrogens is 411 g/mol. The van der Waals surface area contributed by atoms with Crippen LogP contribution in [0.1, 0.15) is 103 Å². The monoisotopic (exact) mass is 454 g/mol. The highest BCUT2D eigenvalue weighted by molar-refractivity contribution is 5.59. The predicted octanol–water partition coefficient (Wildman–Crippen LogP) is 8.56. The van der Waals surface area contributed by atoms with Crippen LogP contribution in [0.4, 0.5) is 4.39 Å². The van der Waals surface area contributed by atoms with Gasteiger partial charge in [0.2, 0.25) is 0 Å². The minimum atomic E-state index is -0.342. The summed E-state index contributed by atoms with van der Waals surface area (Å²) in [5.41, 5.74) is 2.48. The van der Waals surface area contributed by atoms with Crippen LogP contribution in [-0.4, -0.2) is 16.8 Å².